The molecule has 2 rings (SSSR count). The number of aryl methyl sites for hydroxylation is 1. The van der Waals surface area contributed by atoms with E-state index in [9.17, 15) is 0 Å². The maximum atomic E-state index is 6.01. The molecular weight excluding hydrogens is 379 g/mol. The average molecular weight is 395 g/mol. The molecule has 0 aromatic carbocycles. The summed E-state index contributed by atoms with van der Waals surface area (Å²) in [7, 11) is 0. The third kappa shape index (κ3) is 4.27. The van der Waals surface area contributed by atoms with Crippen molar-refractivity contribution in [3.63, 3.8) is 0 Å². The molecule has 0 saturated carbocycles. The van der Waals surface area contributed by atoms with Gasteiger partial charge >= 0.3 is 122 Å². The molecule has 0 fully saturated rings. The zero-order chi connectivity index (χ0) is 12.8. The molecular formula is C12H16NO2PSe2+. The van der Waals surface area contributed by atoms with Gasteiger partial charge in [-0.25, -0.2) is 0 Å². The molecule has 0 amide bonds. The van der Waals surface area contributed by atoms with E-state index in [1.165, 1.54) is 0 Å². The van der Waals surface area contributed by atoms with E-state index in [4.69, 9.17) is 13.9 Å². The number of rotatable bonds is 7. The first-order chi connectivity index (χ1) is 8.72. The Labute approximate surface area is 122 Å². The van der Waals surface area contributed by atoms with Gasteiger partial charge in [-0.1, -0.05) is 0 Å². The van der Waals surface area contributed by atoms with Crippen LogP contribution in [0.3, 0.4) is 0 Å². The number of furan rings is 1. The van der Waals surface area contributed by atoms with Crippen LogP contribution in [0.5, 0.6) is 0 Å². The van der Waals surface area contributed by atoms with Crippen molar-refractivity contribution >= 4 is 34.9 Å². The predicted octanol–water partition coefficient (Wildman–Crippen LogP) is 2.23. The van der Waals surface area contributed by atoms with Gasteiger partial charge in [-0.3, -0.25) is 0 Å². The molecule has 1 radical (unpaired) electrons. The monoisotopic (exact) mass is 397 g/mol. The summed E-state index contributed by atoms with van der Waals surface area (Å²) in [5, 5.41) is 0. The molecule has 3 nitrogen and oxygen atoms in total. The second kappa shape index (κ2) is 6.96. The summed E-state index contributed by atoms with van der Waals surface area (Å²) in [6.45, 7) is 0. The Morgan fingerprint density at radius 3 is 2.83 bits per heavy atom. The Balaban J connectivity index is 1.81. The SMILES string of the molecule is N[Se][P+]([Se-])(CCC1=CC=C[O+]1)CCc1ccco1. The third-order valence-corrected chi connectivity index (χ3v) is 14.8. The van der Waals surface area contributed by atoms with Crippen molar-refractivity contribution in [1.29, 1.82) is 0 Å². The Morgan fingerprint density at radius 1 is 1.39 bits per heavy atom. The van der Waals surface area contributed by atoms with Gasteiger partial charge in [0.25, 0.3) is 0 Å². The summed E-state index contributed by atoms with van der Waals surface area (Å²) in [4.78, 5) is 0. The van der Waals surface area contributed by atoms with Crippen LogP contribution in [0.1, 0.15) is 12.2 Å². The summed E-state index contributed by atoms with van der Waals surface area (Å²) in [6.07, 6.45) is 11.6. The van der Waals surface area contributed by atoms with Crippen molar-refractivity contribution < 1.29 is 9.15 Å². The summed E-state index contributed by atoms with van der Waals surface area (Å²) in [6, 6.07) is 3.96. The molecule has 1 unspecified atom stereocenters. The van der Waals surface area contributed by atoms with Crippen molar-refractivity contribution in [2.24, 2.45) is 4.75 Å². The van der Waals surface area contributed by atoms with Crippen molar-refractivity contribution in [2.75, 3.05) is 12.3 Å². The molecule has 97 valence electrons. The molecule has 1 aromatic heterocycles. The summed E-state index contributed by atoms with van der Waals surface area (Å²) >= 11 is 3.58. The first-order valence-electron chi connectivity index (χ1n) is 5.73. The van der Waals surface area contributed by atoms with Crippen molar-refractivity contribution in [1.82, 2.24) is 0 Å². The molecule has 1 aliphatic rings. The van der Waals surface area contributed by atoms with E-state index in [1.54, 1.807) is 12.5 Å². The van der Waals surface area contributed by atoms with Gasteiger partial charge in [0, 0.05) is 0 Å². The fraction of sp³-hybridized carbons (Fsp3) is 0.333. The van der Waals surface area contributed by atoms with Gasteiger partial charge in [0.05, 0.1) is 0 Å². The Bertz CT molecular complexity index is 433. The van der Waals surface area contributed by atoms with Gasteiger partial charge in [-0.15, -0.1) is 0 Å². The van der Waals surface area contributed by atoms with Crippen molar-refractivity contribution in [2.45, 2.75) is 12.8 Å². The molecule has 2 heterocycles. The molecule has 1 aromatic rings. The molecule has 0 spiro atoms. The first kappa shape index (κ1) is 14.4. The van der Waals surface area contributed by atoms with Gasteiger partial charge in [0.2, 0.25) is 0 Å². The molecule has 0 bridgehead atoms. The molecule has 18 heavy (non-hydrogen) atoms. The summed E-state index contributed by atoms with van der Waals surface area (Å²) in [5.41, 5.74) is 0. The molecule has 0 aliphatic carbocycles. The van der Waals surface area contributed by atoms with Crippen LogP contribution in [-0.4, -0.2) is 42.6 Å². The number of hydrogen-bond acceptors (Lipinski definition) is 3. The summed E-state index contributed by atoms with van der Waals surface area (Å²) < 4.78 is 15.6. The molecule has 0 saturated heterocycles. The van der Waals surface area contributed by atoms with Gasteiger partial charge < -0.3 is 0 Å². The quantitative estimate of drug-likeness (QED) is 0.438. The van der Waals surface area contributed by atoms with Crippen LogP contribution < -0.4 is 4.75 Å². The molecule has 1 atom stereocenters. The third-order valence-electron chi connectivity index (χ3n) is 2.75. The van der Waals surface area contributed by atoms with Crippen LogP contribution in [0.15, 0.2) is 47.0 Å². The average Bonchev–Trinajstić information content (AvgIpc) is 3.06. The summed E-state index contributed by atoms with van der Waals surface area (Å²) in [5.74, 6) is 2.11. The predicted molar refractivity (Wildman–Crippen MR) is 77.7 cm³/mol. The number of hydrogen-bond donors (Lipinski definition) is 1. The minimum atomic E-state index is -1.14. The van der Waals surface area contributed by atoms with Gasteiger partial charge in [0.15, 0.2) is 0 Å². The van der Waals surface area contributed by atoms with Gasteiger partial charge in [0.1, 0.15) is 0 Å². The minimum absolute atomic E-state index is 0.187. The van der Waals surface area contributed by atoms with Crippen LogP contribution >= 0.6 is 4.64 Å². The topological polar surface area (TPSA) is 50.5 Å². The van der Waals surface area contributed by atoms with E-state index in [0.717, 1.165) is 36.7 Å². The van der Waals surface area contributed by atoms with Crippen LogP contribution in [0.2, 0.25) is 0 Å². The first-order valence-corrected chi connectivity index (χ1v) is 13.3. The van der Waals surface area contributed by atoms with Crippen LogP contribution in [0, 0.1) is 0 Å². The van der Waals surface area contributed by atoms with Crippen LogP contribution in [0.25, 0.3) is 0 Å². The fourth-order valence-electron chi connectivity index (χ4n) is 1.69. The van der Waals surface area contributed by atoms with E-state index in [1.807, 2.05) is 24.3 Å². The number of ether oxygens (including phenoxy) is 1. The molecule has 6 heteroatoms. The number of nitrogens with two attached hydrogens (primary N) is 1. The van der Waals surface area contributed by atoms with Crippen molar-refractivity contribution in [3.05, 3.63) is 48.3 Å². The standard InChI is InChI=1S/C12H16NO2PSe2/c13-18-16(17,9-5-11-3-1-7-14-11)10-6-12-4-2-8-15-12/h1-4,7-8H,5-6,9-10,13H2/q+1. The van der Waals surface area contributed by atoms with Gasteiger partial charge in [-0.05, 0) is 0 Å². The second-order valence-corrected chi connectivity index (χ2v) is 20.4. The van der Waals surface area contributed by atoms with E-state index < -0.39 is 4.64 Å². The van der Waals surface area contributed by atoms with Gasteiger partial charge in [-0.2, -0.15) is 0 Å². The maximum absolute atomic E-state index is 6.01. The van der Waals surface area contributed by atoms with E-state index in [0.29, 0.717) is 0 Å². The zero-order valence-corrected chi connectivity index (χ0v) is 14.3. The zero-order valence-electron chi connectivity index (χ0n) is 9.95. The molecule has 1 aliphatic heterocycles. The Hall–Kier alpha value is -0.0110. The Kier molecular flexibility index (Phi) is 5.56. The second-order valence-electron chi connectivity index (χ2n) is 4.03. The van der Waals surface area contributed by atoms with E-state index >= 15 is 0 Å². The fourth-order valence-corrected chi connectivity index (χ4v) is 6.87. The normalized spacial score (nSPS) is 17.3. The van der Waals surface area contributed by atoms with Crippen LogP contribution in [-0.2, 0) is 11.2 Å². The van der Waals surface area contributed by atoms with E-state index in [2.05, 4.69) is 15.6 Å². The molecule has 2 N–H and O–H groups in total. The van der Waals surface area contributed by atoms with Crippen molar-refractivity contribution in [3.8, 4) is 0 Å². The Morgan fingerprint density at radius 2 is 2.22 bits per heavy atom. The number of allylic oxidation sites excluding steroid dienone is 3. The van der Waals surface area contributed by atoms with E-state index in [-0.39, 0.29) is 14.7 Å². The van der Waals surface area contributed by atoms with Crippen LogP contribution in [0.4, 0.5) is 0 Å².